The van der Waals surface area contributed by atoms with Gasteiger partial charge >= 0.3 is 0 Å². The van der Waals surface area contributed by atoms with Gasteiger partial charge in [0.15, 0.2) is 0 Å². The topological polar surface area (TPSA) is 79.4 Å². The van der Waals surface area contributed by atoms with E-state index in [1.807, 2.05) is 31.2 Å². The number of hydrogen-bond acceptors (Lipinski definition) is 4. The van der Waals surface area contributed by atoms with Gasteiger partial charge in [-0.2, -0.15) is 0 Å². The van der Waals surface area contributed by atoms with E-state index in [9.17, 15) is 14.4 Å². The molecule has 0 saturated heterocycles. The monoisotopic (exact) mass is 351 g/mol. The second-order valence-electron chi connectivity index (χ2n) is 6.34. The van der Waals surface area contributed by atoms with Crippen molar-refractivity contribution in [3.63, 3.8) is 0 Å². The molecule has 0 atom stereocenters. The third-order valence-corrected chi connectivity index (χ3v) is 4.34. The first-order valence-electron chi connectivity index (χ1n) is 8.69. The molecule has 2 heterocycles. The van der Waals surface area contributed by atoms with Crippen molar-refractivity contribution in [1.29, 1.82) is 0 Å². The largest absolute Gasteiger partial charge is 0.356 e. The minimum atomic E-state index is -0.277. The third kappa shape index (κ3) is 3.96. The fourth-order valence-corrected chi connectivity index (χ4v) is 2.97. The molecule has 1 N–H and O–H groups in total. The van der Waals surface area contributed by atoms with Crippen LogP contribution in [0.4, 0.5) is 0 Å². The number of hydrogen-bond donors (Lipinski definition) is 1. The fourth-order valence-electron chi connectivity index (χ4n) is 2.97. The Balaban J connectivity index is 1.43. The summed E-state index contributed by atoms with van der Waals surface area (Å²) in [6.45, 7) is 2.65. The van der Waals surface area contributed by atoms with Gasteiger partial charge in [-0.25, -0.2) is 0 Å². The van der Waals surface area contributed by atoms with E-state index in [1.54, 1.807) is 18.3 Å². The Morgan fingerprint density at radius 2 is 1.92 bits per heavy atom. The van der Waals surface area contributed by atoms with Crippen molar-refractivity contribution in [2.75, 3.05) is 13.1 Å². The minimum absolute atomic E-state index is 0.0895. The smallest absolute Gasteiger partial charge is 0.261 e. The van der Waals surface area contributed by atoms with Crippen molar-refractivity contribution in [3.05, 3.63) is 65.0 Å². The van der Waals surface area contributed by atoms with E-state index in [0.29, 0.717) is 30.5 Å². The number of carbonyl (C=O) groups is 3. The molecule has 0 aliphatic carbocycles. The molecular formula is C20H21N3O3. The molecule has 1 aromatic carbocycles. The van der Waals surface area contributed by atoms with Crippen LogP contribution < -0.4 is 5.32 Å². The van der Waals surface area contributed by atoms with Gasteiger partial charge in [0.1, 0.15) is 0 Å². The molecule has 0 spiro atoms. The average Bonchev–Trinajstić information content (AvgIpc) is 2.87. The maximum atomic E-state index is 12.4. The predicted molar refractivity (Wildman–Crippen MR) is 96.7 cm³/mol. The lowest BCUT2D eigenvalue weighted by Crippen LogP contribution is -2.32. The molecule has 26 heavy (non-hydrogen) atoms. The Kier molecular flexibility index (Phi) is 5.41. The zero-order valence-electron chi connectivity index (χ0n) is 14.7. The van der Waals surface area contributed by atoms with E-state index in [1.165, 1.54) is 4.90 Å². The molecule has 2 aromatic rings. The van der Waals surface area contributed by atoms with Gasteiger partial charge in [0.05, 0.1) is 11.1 Å². The zero-order valence-corrected chi connectivity index (χ0v) is 14.7. The molecule has 3 rings (SSSR count). The van der Waals surface area contributed by atoms with Crippen LogP contribution in [0.15, 0.2) is 42.6 Å². The van der Waals surface area contributed by atoms with Gasteiger partial charge in [-0.05, 0) is 37.6 Å². The Morgan fingerprint density at radius 3 is 2.69 bits per heavy atom. The molecule has 6 heteroatoms. The normalized spacial score (nSPS) is 13.0. The summed E-state index contributed by atoms with van der Waals surface area (Å²) < 4.78 is 0. The number of imide groups is 1. The fraction of sp³-hybridized carbons (Fsp3) is 0.300. The van der Waals surface area contributed by atoms with E-state index in [2.05, 4.69) is 10.3 Å². The number of pyridine rings is 1. The second kappa shape index (κ2) is 7.91. The predicted octanol–water partition coefficient (Wildman–Crippen LogP) is 2.13. The number of carbonyl (C=O) groups excluding carboxylic acids is 3. The van der Waals surface area contributed by atoms with E-state index < -0.39 is 0 Å². The van der Waals surface area contributed by atoms with Crippen molar-refractivity contribution >= 4 is 17.7 Å². The lowest BCUT2D eigenvalue weighted by atomic mass is 10.1. The van der Waals surface area contributed by atoms with Crippen molar-refractivity contribution < 1.29 is 14.4 Å². The van der Waals surface area contributed by atoms with Crippen LogP contribution in [0, 0.1) is 6.92 Å². The number of fused-ring (bicyclic) bond motifs is 1. The van der Waals surface area contributed by atoms with Crippen LogP contribution in [0.5, 0.6) is 0 Å². The first-order chi connectivity index (χ1) is 12.6. The number of aromatic nitrogens is 1. The number of nitrogens with one attached hydrogen (secondary N) is 1. The standard InChI is InChI=1S/C20H21N3O3/c1-14-7-8-16-17(13-14)20(26)23(19(16)25)12-4-6-18(24)22-11-9-15-5-2-3-10-21-15/h2-3,5,7-8,10,13H,4,6,9,11-12H2,1H3,(H,22,24). The maximum absolute atomic E-state index is 12.4. The molecule has 0 bridgehead atoms. The second-order valence-corrected chi connectivity index (χ2v) is 6.34. The van der Waals surface area contributed by atoms with Gasteiger partial charge < -0.3 is 5.32 Å². The van der Waals surface area contributed by atoms with Gasteiger partial charge in [-0.3, -0.25) is 24.3 Å². The summed E-state index contributed by atoms with van der Waals surface area (Å²) in [5, 5.41) is 2.84. The van der Waals surface area contributed by atoms with E-state index >= 15 is 0 Å². The Hall–Kier alpha value is -3.02. The zero-order chi connectivity index (χ0) is 18.5. The average molecular weight is 351 g/mol. The van der Waals surface area contributed by atoms with Crippen LogP contribution in [-0.2, 0) is 11.2 Å². The molecule has 0 radical (unpaired) electrons. The SMILES string of the molecule is Cc1ccc2c(c1)C(=O)N(CCCC(=O)NCCc1ccccn1)C2=O. The highest BCUT2D eigenvalue weighted by molar-refractivity contribution is 6.21. The molecule has 3 amide bonds. The van der Waals surface area contributed by atoms with Gasteiger partial charge in [-0.1, -0.05) is 17.7 Å². The number of aryl methyl sites for hydroxylation is 1. The molecular weight excluding hydrogens is 330 g/mol. The lowest BCUT2D eigenvalue weighted by Gasteiger charge is -2.13. The summed E-state index contributed by atoms with van der Waals surface area (Å²) in [5.41, 5.74) is 2.77. The summed E-state index contributed by atoms with van der Waals surface area (Å²) in [7, 11) is 0. The number of amides is 3. The molecule has 1 aromatic heterocycles. The van der Waals surface area contributed by atoms with Crippen LogP contribution in [0.25, 0.3) is 0 Å². The molecule has 0 fully saturated rings. The molecule has 1 aliphatic rings. The Bertz CT molecular complexity index is 833. The van der Waals surface area contributed by atoms with Crippen LogP contribution in [0.2, 0.25) is 0 Å². The van der Waals surface area contributed by atoms with Crippen molar-refractivity contribution in [2.45, 2.75) is 26.2 Å². The maximum Gasteiger partial charge on any atom is 0.261 e. The van der Waals surface area contributed by atoms with Gasteiger partial charge in [0.2, 0.25) is 5.91 Å². The molecule has 6 nitrogen and oxygen atoms in total. The first kappa shape index (κ1) is 17.8. The molecule has 1 aliphatic heterocycles. The van der Waals surface area contributed by atoms with Gasteiger partial charge in [-0.15, -0.1) is 0 Å². The van der Waals surface area contributed by atoms with Gasteiger partial charge in [0, 0.05) is 37.8 Å². The summed E-state index contributed by atoms with van der Waals surface area (Å²) in [6.07, 6.45) is 3.11. The number of nitrogens with zero attached hydrogens (tertiary/aromatic N) is 2. The number of rotatable bonds is 7. The van der Waals surface area contributed by atoms with E-state index in [0.717, 1.165) is 11.3 Å². The summed E-state index contributed by atoms with van der Waals surface area (Å²) >= 11 is 0. The first-order valence-corrected chi connectivity index (χ1v) is 8.69. The van der Waals surface area contributed by atoms with Crippen LogP contribution >= 0.6 is 0 Å². The lowest BCUT2D eigenvalue weighted by molar-refractivity contribution is -0.121. The highest BCUT2D eigenvalue weighted by atomic mass is 16.2. The summed E-state index contributed by atoms with van der Waals surface area (Å²) in [5.74, 6) is -0.641. The highest BCUT2D eigenvalue weighted by Crippen LogP contribution is 2.24. The van der Waals surface area contributed by atoms with E-state index in [-0.39, 0.29) is 30.7 Å². The minimum Gasteiger partial charge on any atom is -0.356 e. The van der Waals surface area contributed by atoms with Crippen molar-refractivity contribution in [3.8, 4) is 0 Å². The van der Waals surface area contributed by atoms with Crippen LogP contribution in [0.3, 0.4) is 0 Å². The molecule has 0 unspecified atom stereocenters. The third-order valence-electron chi connectivity index (χ3n) is 4.34. The van der Waals surface area contributed by atoms with Crippen molar-refractivity contribution in [1.82, 2.24) is 15.2 Å². The number of benzene rings is 1. The Morgan fingerprint density at radius 1 is 1.12 bits per heavy atom. The van der Waals surface area contributed by atoms with E-state index in [4.69, 9.17) is 0 Å². The van der Waals surface area contributed by atoms with Gasteiger partial charge in [0.25, 0.3) is 11.8 Å². The quantitative estimate of drug-likeness (QED) is 0.775. The molecule has 0 saturated carbocycles. The van der Waals surface area contributed by atoms with Crippen LogP contribution in [0.1, 0.15) is 44.8 Å². The summed E-state index contributed by atoms with van der Waals surface area (Å²) in [4.78, 5) is 42.0. The molecule has 134 valence electrons. The van der Waals surface area contributed by atoms with Crippen LogP contribution in [-0.4, -0.2) is 40.7 Å². The Labute approximate surface area is 152 Å². The van der Waals surface area contributed by atoms with Crippen molar-refractivity contribution in [2.24, 2.45) is 0 Å². The summed E-state index contributed by atoms with van der Waals surface area (Å²) in [6, 6.07) is 10.9. The highest BCUT2D eigenvalue weighted by Gasteiger charge is 2.34.